The first-order valence-corrected chi connectivity index (χ1v) is 10.8. The Hall–Kier alpha value is -2.38. The van der Waals surface area contributed by atoms with Crippen LogP contribution in [0.3, 0.4) is 0 Å². The Labute approximate surface area is 184 Å². The second kappa shape index (κ2) is 10.8. The molecular formula is C25H34N2O4. The molecule has 0 radical (unpaired) electrons. The molecule has 0 aliphatic rings. The fraction of sp³-hybridized carbons (Fsp3) is 0.440. The lowest BCUT2D eigenvalue weighted by molar-refractivity contribution is 0.0349. The average Bonchev–Trinajstić information content (AvgIpc) is 3.10. The lowest BCUT2D eigenvalue weighted by atomic mass is 10.1. The summed E-state index contributed by atoms with van der Waals surface area (Å²) in [7, 11) is 0. The van der Waals surface area contributed by atoms with Crippen molar-refractivity contribution in [3.8, 4) is 5.75 Å². The Balaban J connectivity index is 1.55. The van der Waals surface area contributed by atoms with Gasteiger partial charge < -0.3 is 24.6 Å². The van der Waals surface area contributed by atoms with Crippen LogP contribution in [0.1, 0.15) is 16.7 Å². The van der Waals surface area contributed by atoms with Crippen LogP contribution in [0.5, 0.6) is 5.75 Å². The predicted octanol–water partition coefficient (Wildman–Crippen LogP) is 2.66. The van der Waals surface area contributed by atoms with Gasteiger partial charge in [-0.15, -0.1) is 0 Å². The molecule has 0 bridgehead atoms. The molecule has 0 saturated heterocycles. The monoisotopic (exact) mass is 426 g/mol. The van der Waals surface area contributed by atoms with Gasteiger partial charge in [-0.3, -0.25) is 4.90 Å². The molecule has 3 N–H and O–H groups in total. The van der Waals surface area contributed by atoms with Crippen LogP contribution in [0.15, 0.2) is 48.7 Å². The fourth-order valence-corrected chi connectivity index (χ4v) is 4.21. The van der Waals surface area contributed by atoms with E-state index in [0.29, 0.717) is 26.2 Å². The van der Waals surface area contributed by atoms with E-state index in [-0.39, 0.29) is 13.2 Å². The van der Waals surface area contributed by atoms with Crippen LogP contribution in [-0.4, -0.2) is 69.8 Å². The molecule has 168 valence electrons. The highest BCUT2D eigenvalue weighted by Gasteiger charge is 2.18. The number of nitrogens with zero attached hydrogens (tertiary/aromatic N) is 2. The van der Waals surface area contributed by atoms with Crippen molar-refractivity contribution in [3.05, 3.63) is 65.4 Å². The van der Waals surface area contributed by atoms with Crippen molar-refractivity contribution < 1.29 is 20.1 Å². The largest absolute Gasteiger partial charge is 0.490 e. The van der Waals surface area contributed by atoms with Crippen molar-refractivity contribution in [2.75, 3.05) is 32.8 Å². The van der Waals surface area contributed by atoms with Crippen LogP contribution in [0.25, 0.3) is 10.9 Å². The molecule has 0 spiro atoms. The second-order valence-corrected chi connectivity index (χ2v) is 8.36. The molecule has 0 aliphatic carbocycles. The zero-order valence-corrected chi connectivity index (χ0v) is 18.7. The Morgan fingerprint density at radius 1 is 0.968 bits per heavy atom. The van der Waals surface area contributed by atoms with E-state index >= 15 is 0 Å². The first kappa shape index (κ1) is 23.3. The molecule has 0 saturated carbocycles. The number of rotatable bonds is 11. The van der Waals surface area contributed by atoms with Gasteiger partial charge in [-0.05, 0) is 49.4 Å². The molecule has 0 aliphatic heterocycles. The first-order valence-electron chi connectivity index (χ1n) is 10.8. The summed E-state index contributed by atoms with van der Waals surface area (Å²) in [5.41, 5.74) is 4.35. The highest BCUT2D eigenvalue weighted by molar-refractivity contribution is 5.79. The quantitative estimate of drug-likeness (QED) is 0.439. The second-order valence-electron chi connectivity index (χ2n) is 8.36. The Morgan fingerprint density at radius 2 is 1.65 bits per heavy atom. The maximum absolute atomic E-state index is 10.6. The molecule has 2 aromatic carbocycles. The lowest BCUT2D eigenvalue weighted by Crippen LogP contribution is -2.42. The maximum Gasteiger partial charge on any atom is 0.125 e. The molecule has 0 amide bonds. The molecule has 0 fully saturated rings. The number of aliphatic hydroxyl groups excluding tert-OH is 3. The average molecular weight is 427 g/mol. The van der Waals surface area contributed by atoms with E-state index in [1.54, 1.807) is 0 Å². The Kier molecular flexibility index (Phi) is 8.09. The van der Waals surface area contributed by atoms with E-state index in [1.165, 1.54) is 5.56 Å². The van der Waals surface area contributed by atoms with Crippen LogP contribution in [-0.2, 0) is 6.54 Å². The molecule has 2 atom stereocenters. The Bertz CT molecular complexity index is 962. The van der Waals surface area contributed by atoms with Crippen LogP contribution in [0, 0.1) is 20.8 Å². The molecule has 3 rings (SSSR count). The van der Waals surface area contributed by atoms with Crippen LogP contribution in [0.2, 0.25) is 0 Å². The number of fused-ring (bicyclic) bond motifs is 1. The van der Waals surface area contributed by atoms with E-state index < -0.39 is 12.2 Å². The normalized spacial score (nSPS) is 13.6. The van der Waals surface area contributed by atoms with Gasteiger partial charge in [-0.25, -0.2) is 0 Å². The van der Waals surface area contributed by atoms with Crippen molar-refractivity contribution >= 4 is 10.9 Å². The maximum atomic E-state index is 10.6. The number of ether oxygens (including phenoxy) is 1. The number of benzene rings is 2. The topological polar surface area (TPSA) is 78.1 Å². The summed E-state index contributed by atoms with van der Waals surface area (Å²) in [5, 5.41) is 31.7. The molecule has 31 heavy (non-hydrogen) atoms. The lowest BCUT2D eigenvalue weighted by Gasteiger charge is -2.27. The third-order valence-electron chi connectivity index (χ3n) is 5.47. The van der Waals surface area contributed by atoms with Gasteiger partial charge in [-0.1, -0.05) is 35.9 Å². The van der Waals surface area contributed by atoms with Crippen molar-refractivity contribution in [2.24, 2.45) is 0 Å². The van der Waals surface area contributed by atoms with E-state index in [4.69, 9.17) is 4.74 Å². The summed E-state index contributed by atoms with van der Waals surface area (Å²) in [6.45, 7) is 7.66. The van der Waals surface area contributed by atoms with Gasteiger partial charge in [-0.2, -0.15) is 0 Å². The smallest absolute Gasteiger partial charge is 0.125 e. The number of hydrogen-bond acceptors (Lipinski definition) is 5. The van der Waals surface area contributed by atoms with Gasteiger partial charge in [0, 0.05) is 37.9 Å². The van der Waals surface area contributed by atoms with Gasteiger partial charge in [0.1, 0.15) is 18.5 Å². The minimum absolute atomic E-state index is 0.0388. The van der Waals surface area contributed by atoms with Crippen LogP contribution >= 0.6 is 0 Å². The van der Waals surface area contributed by atoms with Gasteiger partial charge in [0.15, 0.2) is 0 Å². The van der Waals surface area contributed by atoms with E-state index in [9.17, 15) is 15.3 Å². The van der Waals surface area contributed by atoms with E-state index in [0.717, 1.165) is 27.8 Å². The zero-order chi connectivity index (χ0) is 22.4. The first-order chi connectivity index (χ1) is 14.9. The van der Waals surface area contributed by atoms with Gasteiger partial charge >= 0.3 is 0 Å². The molecule has 6 heteroatoms. The van der Waals surface area contributed by atoms with E-state index in [1.807, 2.05) is 66.8 Å². The zero-order valence-electron chi connectivity index (χ0n) is 18.7. The van der Waals surface area contributed by atoms with Crippen LogP contribution in [0.4, 0.5) is 0 Å². The molecule has 1 heterocycles. The van der Waals surface area contributed by atoms with Gasteiger partial charge in [0.25, 0.3) is 0 Å². The molecular weight excluding hydrogens is 392 g/mol. The summed E-state index contributed by atoms with van der Waals surface area (Å²) in [5.74, 6) is 0.804. The summed E-state index contributed by atoms with van der Waals surface area (Å²) in [4.78, 5) is 1.87. The van der Waals surface area contributed by atoms with Crippen molar-refractivity contribution in [2.45, 2.75) is 39.5 Å². The van der Waals surface area contributed by atoms with E-state index in [2.05, 4.69) is 12.1 Å². The minimum Gasteiger partial charge on any atom is -0.490 e. The standard InChI is InChI=1S/C25H34N2O4/c1-18-12-19(2)25(20(3)13-18)31-17-23(30)15-26(10-11-28)14-22(29)16-27-9-8-21-6-4-5-7-24(21)27/h4-9,12-13,22-23,28-30H,10-11,14-17H2,1-3H3/t22-,23-/m0/s1. The number of hydrogen-bond donors (Lipinski definition) is 3. The Morgan fingerprint density at radius 3 is 2.35 bits per heavy atom. The summed E-state index contributed by atoms with van der Waals surface area (Å²) >= 11 is 0. The summed E-state index contributed by atoms with van der Waals surface area (Å²) in [6, 6.07) is 14.2. The SMILES string of the molecule is Cc1cc(C)c(OC[C@@H](O)CN(CCO)C[C@H](O)Cn2ccc3ccccc32)c(C)c1. The highest BCUT2D eigenvalue weighted by atomic mass is 16.5. The summed E-state index contributed by atoms with van der Waals surface area (Å²) in [6.07, 6.45) is 0.613. The van der Waals surface area contributed by atoms with Crippen molar-refractivity contribution in [1.82, 2.24) is 9.47 Å². The molecule has 6 nitrogen and oxygen atoms in total. The third kappa shape index (κ3) is 6.31. The number of aromatic nitrogens is 1. The third-order valence-corrected chi connectivity index (χ3v) is 5.47. The predicted molar refractivity (Wildman–Crippen MR) is 124 cm³/mol. The van der Waals surface area contributed by atoms with Crippen LogP contribution < -0.4 is 4.74 Å². The molecule has 0 unspecified atom stereocenters. The number of para-hydroxylation sites is 1. The fourth-order valence-electron chi connectivity index (χ4n) is 4.21. The van der Waals surface area contributed by atoms with Crippen molar-refractivity contribution in [1.29, 1.82) is 0 Å². The van der Waals surface area contributed by atoms with Gasteiger partial charge in [0.2, 0.25) is 0 Å². The minimum atomic E-state index is -0.730. The van der Waals surface area contributed by atoms with Gasteiger partial charge in [0.05, 0.1) is 12.7 Å². The number of aliphatic hydroxyl groups is 3. The number of aryl methyl sites for hydroxylation is 3. The molecule has 3 aromatic rings. The van der Waals surface area contributed by atoms with Crippen molar-refractivity contribution in [3.63, 3.8) is 0 Å². The molecule has 1 aromatic heterocycles. The summed E-state index contributed by atoms with van der Waals surface area (Å²) < 4.78 is 7.92. The highest BCUT2D eigenvalue weighted by Crippen LogP contribution is 2.24.